The second-order valence-electron chi connectivity index (χ2n) is 12.7. The Balaban J connectivity index is 0.000000340. The van der Waals surface area contributed by atoms with Crippen LogP contribution in [0.5, 0.6) is 0 Å². The van der Waals surface area contributed by atoms with Gasteiger partial charge < -0.3 is 10.9 Å². The first kappa shape index (κ1) is 53.7. The molecule has 0 aromatic heterocycles. The quantitative estimate of drug-likeness (QED) is 0.0559. The Hall–Kier alpha value is -6.61. The van der Waals surface area contributed by atoms with Gasteiger partial charge in [-0.1, -0.05) is 23.2 Å². The van der Waals surface area contributed by atoms with Gasteiger partial charge in [0.2, 0.25) is 31.6 Å². The fourth-order valence-electron chi connectivity index (χ4n) is 5.00. The van der Waals surface area contributed by atoms with E-state index in [1.54, 1.807) is 0 Å². The first-order valence-corrected chi connectivity index (χ1v) is 21.2. The number of ketones is 4. The van der Waals surface area contributed by atoms with Crippen molar-refractivity contribution in [2.24, 2.45) is 20.3 Å². The Labute approximate surface area is 406 Å². The average Bonchev–Trinajstić information content (AvgIpc) is 3.23. The molecule has 0 aliphatic heterocycles. The molecule has 0 fully saturated rings. The van der Waals surface area contributed by atoms with Gasteiger partial charge in [0.15, 0.2) is 11.6 Å². The molecule has 0 saturated heterocycles. The number of hydrogen-bond acceptors (Lipinski definition) is 18. The van der Waals surface area contributed by atoms with E-state index in [-0.39, 0.29) is 90.0 Å². The third kappa shape index (κ3) is 14.7. The first-order chi connectivity index (χ1) is 30.1. The number of hydrazine groups is 2. The Bertz CT molecular complexity index is 2860. The van der Waals surface area contributed by atoms with E-state index in [4.69, 9.17) is 33.5 Å². The molecule has 28 heteroatoms. The van der Waals surface area contributed by atoms with Crippen LogP contribution in [-0.2, 0) is 56.6 Å². The maximum Gasteiger partial charge on any atom is 1.00 e. The van der Waals surface area contributed by atoms with Crippen LogP contribution in [-0.4, -0.2) is 61.2 Å². The molecule has 2 aromatic rings. The van der Waals surface area contributed by atoms with E-state index < -0.39 is 53.0 Å². The maximum atomic E-state index is 12.1. The van der Waals surface area contributed by atoms with Gasteiger partial charge in [-0.3, -0.25) is 60.2 Å². The molecular weight excluding hydrogens is 982 g/mol. The standard InChI is InChI=1S/2C19H14ClN5O6S.Cr.Li/c2*20-15-8-13(25(28)29)2-4-16(15)24-23-12-1-5-18(26)11(7-12)10-22-17-9-14(32(21,30)31)3-6-19(17)27;;/h2*1-10,23-24H,(H2,21,30,31);;/q;;;+1/b2*11-10-,22-17?;;. The third-order valence-electron chi connectivity index (χ3n) is 8.23. The Kier molecular flexibility index (Phi) is 18.7. The van der Waals surface area contributed by atoms with Gasteiger partial charge in [-0.15, -0.1) is 0 Å². The number of nitrogens with zero attached hydrogens (tertiary/aromatic N) is 4. The SMILES string of the molecule is NS(=O)(=O)C1=CC(=N/C=C2/C=C(NNc3ccc([N+](=O)[O-])cc3Cl)C=CC2=O)C(=O)C=C1.NS(=O)(=O)C1=CC(=N/C=C2/C=C(NNc3ccc([N+](=O)[O-])cc3Cl)C=CC2=O)C(=O)C=C1.[Cr].[Li+]. The number of anilines is 2. The summed E-state index contributed by atoms with van der Waals surface area (Å²) < 4.78 is 45.8. The summed E-state index contributed by atoms with van der Waals surface area (Å²) in [4.78, 5) is 75.8. The van der Waals surface area contributed by atoms with Crippen molar-refractivity contribution < 1.29 is 82.1 Å². The van der Waals surface area contributed by atoms with Crippen LogP contribution in [0, 0.1) is 20.2 Å². The summed E-state index contributed by atoms with van der Waals surface area (Å²) in [6.45, 7) is 0. The number of aliphatic imine (C=N–C) groups is 2. The van der Waals surface area contributed by atoms with E-state index in [0.29, 0.717) is 22.8 Å². The summed E-state index contributed by atoms with van der Waals surface area (Å²) in [5.74, 6) is -1.90. The molecule has 8 N–H and O–H groups in total. The average molecular weight is 1010 g/mol. The largest absolute Gasteiger partial charge is 1.00 e. The van der Waals surface area contributed by atoms with Crippen molar-refractivity contribution in [3.63, 3.8) is 0 Å². The Morgan fingerprint density at radius 3 is 1.21 bits per heavy atom. The number of nitro benzene ring substituents is 2. The minimum Gasteiger partial charge on any atom is -0.301 e. The monoisotopic (exact) mass is 1010 g/mol. The molecule has 0 spiro atoms. The summed E-state index contributed by atoms with van der Waals surface area (Å²) in [5.41, 5.74) is 12.1. The molecule has 4 aliphatic rings. The van der Waals surface area contributed by atoms with Gasteiger partial charge in [0.25, 0.3) is 11.4 Å². The van der Waals surface area contributed by atoms with Crippen LogP contribution in [0.4, 0.5) is 22.7 Å². The normalized spacial score (nSPS) is 18.0. The van der Waals surface area contributed by atoms with Crippen LogP contribution >= 0.6 is 23.2 Å². The zero-order valence-corrected chi connectivity index (χ0v) is 37.8. The zero-order valence-electron chi connectivity index (χ0n) is 33.4. The van der Waals surface area contributed by atoms with Crippen molar-refractivity contribution in [2.75, 3.05) is 10.9 Å². The van der Waals surface area contributed by atoms with Crippen molar-refractivity contribution in [3.05, 3.63) is 184 Å². The fourth-order valence-corrected chi connectivity index (χ4v) is 6.51. The Morgan fingerprint density at radius 2 is 0.894 bits per heavy atom. The van der Waals surface area contributed by atoms with Crippen LogP contribution in [0.25, 0.3) is 0 Å². The van der Waals surface area contributed by atoms with E-state index >= 15 is 0 Å². The molecule has 66 heavy (non-hydrogen) atoms. The molecule has 4 aliphatic carbocycles. The number of non-ortho nitro benzene ring substituents is 2. The number of primary sulfonamides is 2. The second kappa shape index (κ2) is 23.0. The van der Waals surface area contributed by atoms with Gasteiger partial charge in [-0.2, -0.15) is 0 Å². The molecular formula is C38H28Cl2CrLiN10O12S2+. The molecule has 0 bridgehead atoms. The number of benzene rings is 2. The summed E-state index contributed by atoms with van der Waals surface area (Å²) in [6, 6.07) is 7.72. The van der Waals surface area contributed by atoms with Crippen molar-refractivity contribution >= 4 is 101 Å². The Morgan fingerprint density at radius 1 is 0.545 bits per heavy atom. The number of nitrogens with two attached hydrogens (primary N) is 2. The number of carbonyl (C=O) groups is 4. The van der Waals surface area contributed by atoms with Gasteiger partial charge in [0.05, 0.1) is 52.5 Å². The minimum absolute atomic E-state index is 0. The van der Waals surface area contributed by atoms with Crippen LogP contribution < -0.4 is 50.8 Å². The molecule has 334 valence electrons. The van der Waals surface area contributed by atoms with Crippen LogP contribution in [0.15, 0.2) is 164 Å². The van der Waals surface area contributed by atoms with E-state index in [9.17, 15) is 56.2 Å². The predicted octanol–water partition coefficient (Wildman–Crippen LogP) is 0.649. The molecule has 0 radical (unpaired) electrons. The number of sulfonamides is 2. The number of halogens is 2. The van der Waals surface area contributed by atoms with E-state index in [2.05, 4.69) is 31.7 Å². The van der Waals surface area contributed by atoms with E-state index in [0.717, 1.165) is 48.9 Å². The predicted molar refractivity (Wildman–Crippen MR) is 236 cm³/mol. The second-order valence-corrected chi connectivity index (χ2v) is 16.7. The first-order valence-electron chi connectivity index (χ1n) is 17.4. The molecule has 6 rings (SSSR count). The number of carbonyl (C=O) groups excluding carboxylic acids is 4. The number of hydrogen-bond donors (Lipinski definition) is 6. The molecule has 0 saturated carbocycles. The third-order valence-corrected chi connectivity index (χ3v) is 10.7. The molecule has 0 unspecified atom stereocenters. The van der Waals surface area contributed by atoms with Crippen LogP contribution in [0.3, 0.4) is 0 Å². The van der Waals surface area contributed by atoms with Crippen LogP contribution in [0.2, 0.25) is 10.0 Å². The minimum atomic E-state index is -4.03. The fraction of sp³-hybridized carbons (Fsp3) is 0. The van der Waals surface area contributed by atoms with Gasteiger partial charge in [0.1, 0.15) is 11.4 Å². The molecule has 0 atom stereocenters. The van der Waals surface area contributed by atoms with Crippen molar-refractivity contribution in [1.82, 2.24) is 10.9 Å². The molecule has 22 nitrogen and oxygen atoms in total. The summed E-state index contributed by atoms with van der Waals surface area (Å²) in [6.07, 6.45) is 16.7. The number of allylic oxidation sites excluding steroid dienone is 14. The van der Waals surface area contributed by atoms with Crippen LogP contribution in [0.1, 0.15) is 0 Å². The number of nitrogens with one attached hydrogen (secondary N) is 4. The number of rotatable bonds is 12. The smallest absolute Gasteiger partial charge is 0.301 e. The molecule has 2 aromatic carbocycles. The molecule has 0 amide bonds. The van der Waals surface area contributed by atoms with E-state index in [1.807, 2.05) is 0 Å². The van der Waals surface area contributed by atoms with Gasteiger partial charge in [0, 0.05) is 65.2 Å². The topological polar surface area (TPSA) is 348 Å². The molecule has 0 heterocycles. The van der Waals surface area contributed by atoms with Crippen molar-refractivity contribution in [3.8, 4) is 0 Å². The van der Waals surface area contributed by atoms with Gasteiger partial charge in [-0.25, -0.2) is 27.1 Å². The number of nitro groups is 2. The maximum absolute atomic E-state index is 12.1. The van der Waals surface area contributed by atoms with Gasteiger partial charge >= 0.3 is 18.9 Å². The summed E-state index contributed by atoms with van der Waals surface area (Å²) >= 11 is 12.0. The summed E-state index contributed by atoms with van der Waals surface area (Å²) in [5, 5.41) is 31.9. The van der Waals surface area contributed by atoms with Crippen molar-refractivity contribution in [2.45, 2.75) is 0 Å². The van der Waals surface area contributed by atoms with Crippen molar-refractivity contribution in [1.29, 1.82) is 0 Å². The van der Waals surface area contributed by atoms with E-state index in [1.165, 1.54) is 72.9 Å². The summed E-state index contributed by atoms with van der Waals surface area (Å²) in [7, 11) is -8.05. The van der Waals surface area contributed by atoms with Gasteiger partial charge in [-0.05, 0) is 85.0 Å². The zero-order chi connectivity index (χ0) is 46.9.